The maximum Gasteiger partial charge on any atom is 0.125 e. The lowest BCUT2D eigenvalue weighted by atomic mass is 10.2. The molecule has 92 valence electrons. The third kappa shape index (κ3) is 4.41. The minimum atomic E-state index is -0.260. The van der Waals surface area contributed by atoms with Crippen LogP contribution >= 0.6 is 0 Å². The summed E-state index contributed by atoms with van der Waals surface area (Å²) in [5.41, 5.74) is 0.781. The first-order chi connectivity index (χ1) is 8.17. The van der Waals surface area contributed by atoms with Crippen LogP contribution in [-0.2, 0) is 0 Å². The first-order valence-corrected chi connectivity index (χ1v) is 5.77. The first kappa shape index (κ1) is 13.5. The van der Waals surface area contributed by atoms with Gasteiger partial charge in [-0.1, -0.05) is 13.0 Å². The summed E-state index contributed by atoms with van der Waals surface area (Å²) in [6.07, 6.45) is 0.988. The van der Waals surface area contributed by atoms with Gasteiger partial charge in [0.25, 0.3) is 0 Å². The predicted molar refractivity (Wildman–Crippen MR) is 67.4 cm³/mol. The van der Waals surface area contributed by atoms with Crippen LogP contribution in [0.4, 0.5) is 10.1 Å². The van der Waals surface area contributed by atoms with Crippen LogP contribution in [0.1, 0.15) is 13.3 Å². The molecule has 0 amide bonds. The van der Waals surface area contributed by atoms with Gasteiger partial charge in [0.1, 0.15) is 11.9 Å². The highest BCUT2D eigenvalue weighted by Gasteiger charge is 2.10. The highest BCUT2D eigenvalue weighted by atomic mass is 19.1. The monoisotopic (exact) mass is 235 g/mol. The number of nitriles is 1. The van der Waals surface area contributed by atoms with E-state index < -0.39 is 0 Å². The van der Waals surface area contributed by atoms with Gasteiger partial charge in [-0.3, -0.25) is 0 Å². The number of anilines is 1. The molecular formula is C13H18FN3. The van der Waals surface area contributed by atoms with E-state index in [-0.39, 0.29) is 11.9 Å². The molecule has 0 aliphatic heterocycles. The molecule has 1 atom stereocenters. The highest BCUT2D eigenvalue weighted by Crippen LogP contribution is 2.13. The van der Waals surface area contributed by atoms with Crippen molar-refractivity contribution in [2.75, 3.05) is 25.0 Å². The van der Waals surface area contributed by atoms with E-state index in [0.29, 0.717) is 6.54 Å². The standard InChI is InChI=1S/C13H18FN3/c1-3-7-16-12(9-15)10-17(2)13-6-4-5-11(14)8-13/h4-6,8,12,16H,3,7,10H2,1-2H3. The summed E-state index contributed by atoms with van der Waals surface area (Å²) in [7, 11) is 1.85. The number of halogens is 1. The zero-order chi connectivity index (χ0) is 12.7. The molecule has 0 radical (unpaired) electrons. The highest BCUT2D eigenvalue weighted by molar-refractivity contribution is 5.46. The van der Waals surface area contributed by atoms with Gasteiger partial charge in [0, 0.05) is 19.3 Å². The summed E-state index contributed by atoms with van der Waals surface area (Å²) >= 11 is 0. The fourth-order valence-electron chi connectivity index (χ4n) is 1.56. The molecule has 0 spiro atoms. The minimum Gasteiger partial charge on any atom is -0.372 e. The Morgan fingerprint density at radius 2 is 2.29 bits per heavy atom. The normalized spacial score (nSPS) is 11.9. The summed E-state index contributed by atoms with van der Waals surface area (Å²) in [6, 6.07) is 8.35. The molecule has 0 aromatic heterocycles. The van der Waals surface area contributed by atoms with Crippen molar-refractivity contribution in [1.82, 2.24) is 5.32 Å². The molecule has 0 aliphatic carbocycles. The Balaban J connectivity index is 2.58. The molecule has 0 saturated carbocycles. The van der Waals surface area contributed by atoms with E-state index in [9.17, 15) is 4.39 Å². The van der Waals surface area contributed by atoms with Crippen LogP contribution in [-0.4, -0.2) is 26.2 Å². The summed E-state index contributed by atoms with van der Waals surface area (Å²) in [5.74, 6) is -0.260. The SMILES string of the molecule is CCCNC(C#N)CN(C)c1cccc(F)c1. The lowest BCUT2D eigenvalue weighted by Gasteiger charge is -2.22. The van der Waals surface area contributed by atoms with Gasteiger partial charge in [-0.25, -0.2) is 4.39 Å². The lowest BCUT2D eigenvalue weighted by Crippen LogP contribution is -2.39. The van der Waals surface area contributed by atoms with Gasteiger partial charge in [0.2, 0.25) is 0 Å². The largest absolute Gasteiger partial charge is 0.372 e. The maximum atomic E-state index is 13.0. The van der Waals surface area contributed by atoms with Crippen molar-refractivity contribution in [2.45, 2.75) is 19.4 Å². The number of nitrogens with one attached hydrogen (secondary N) is 1. The molecule has 0 heterocycles. The van der Waals surface area contributed by atoms with Gasteiger partial charge in [0.05, 0.1) is 6.07 Å². The van der Waals surface area contributed by atoms with Crippen molar-refractivity contribution >= 4 is 5.69 Å². The number of hydrogen-bond acceptors (Lipinski definition) is 3. The van der Waals surface area contributed by atoms with Crippen molar-refractivity contribution in [3.8, 4) is 6.07 Å². The number of likely N-dealkylation sites (N-methyl/N-ethyl adjacent to an activating group) is 1. The van der Waals surface area contributed by atoms with Crippen LogP contribution in [0.5, 0.6) is 0 Å². The minimum absolute atomic E-state index is 0.233. The Bertz CT molecular complexity index is 386. The molecule has 1 unspecified atom stereocenters. The molecule has 4 heteroatoms. The Morgan fingerprint density at radius 1 is 1.53 bits per heavy atom. The molecule has 1 N–H and O–H groups in total. The number of hydrogen-bond donors (Lipinski definition) is 1. The van der Waals surface area contributed by atoms with E-state index in [1.165, 1.54) is 12.1 Å². The lowest BCUT2D eigenvalue weighted by molar-refractivity contribution is 0.589. The molecule has 0 fully saturated rings. The van der Waals surface area contributed by atoms with Crippen LogP contribution in [0.25, 0.3) is 0 Å². The van der Waals surface area contributed by atoms with Crippen molar-refractivity contribution in [3.63, 3.8) is 0 Å². The van der Waals surface area contributed by atoms with Gasteiger partial charge < -0.3 is 10.2 Å². The van der Waals surface area contributed by atoms with Gasteiger partial charge >= 0.3 is 0 Å². The van der Waals surface area contributed by atoms with Crippen LogP contribution in [0.15, 0.2) is 24.3 Å². The molecule has 1 aromatic rings. The molecule has 0 aliphatic rings. The van der Waals surface area contributed by atoms with Crippen LogP contribution in [0.2, 0.25) is 0 Å². The molecule has 1 aromatic carbocycles. The summed E-state index contributed by atoms with van der Waals surface area (Å²) in [4.78, 5) is 1.87. The van der Waals surface area contributed by atoms with E-state index >= 15 is 0 Å². The second-order valence-corrected chi connectivity index (χ2v) is 4.00. The molecule has 3 nitrogen and oxygen atoms in total. The van der Waals surface area contributed by atoms with Gasteiger partial charge in [-0.05, 0) is 31.2 Å². The molecular weight excluding hydrogens is 217 g/mol. The topological polar surface area (TPSA) is 39.1 Å². The second-order valence-electron chi connectivity index (χ2n) is 4.00. The number of nitrogens with zero attached hydrogens (tertiary/aromatic N) is 2. The zero-order valence-electron chi connectivity index (χ0n) is 10.3. The number of rotatable bonds is 6. The zero-order valence-corrected chi connectivity index (χ0v) is 10.3. The molecule has 0 saturated heterocycles. The fraction of sp³-hybridized carbons (Fsp3) is 0.462. The van der Waals surface area contributed by atoms with Crippen LogP contribution < -0.4 is 10.2 Å². The Morgan fingerprint density at radius 3 is 2.88 bits per heavy atom. The Kier molecular flexibility index (Phi) is 5.44. The molecule has 1 rings (SSSR count). The average Bonchev–Trinajstić information content (AvgIpc) is 2.34. The first-order valence-electron chi connectivity index (χ1n) is 5.77. The molecule has 17 heavy (non-hydrogen) atoms. The van der Waals surface area contributed by atoms with E-state index in [1.54, 1.807) is 6.07 Å². The van der Waals surface area contributed by atoms with Crippen molar-refractivity contribution in [3.05, 3.63) is 30.1 Å². The van der Waals surface area contributed by atoms with E-state index in [2.05, 4.69) is 18.3 Å². The third-order valence-electron chi connectivity index (χ3n) is 2.50. The second kappa shape index (κ2) is 6.87. The van der Waals surface area contributed by atoms with E-state index in [1.807, 2.05) is 18.0 Å². The van der Waals surface area contributed by atoms with Crippen molar-refractivity contribution < 1.29 is 4.39 Å². The number of benzene rings is 1. The Labute approximate surface area is 102 Å². The van der Waals surface area contributed by atoms with E-state index in [0.717, 1.165) is 18.7 Å². The van der Waals surface area contributed by atoms with Crippen molar-refractivity contribution in [2.24, 2.45) is 0 Å². The van der Waals surface area contributed by atoms with Gasteiger partial charge in [-0.15, -0.1) is 0 Å². The van der Waals surface area contributed by atoms with Gasteiger partial charge in [-0.2, -0.15) is 5.26 Å². The smallest absolute Gasteiger partial charge is 0.125 e. The Hall–Kier alpha value is -1.60. The third-order valence-corrected chi connectivity index (χ3v) is 2.50. The maximum absolute atomic E-state index is 13.0. The van der Waals surface area contributed by atoms with E-state index in [4.69, 9.17) is 5.26 Å². The fourth-order valence-corrected chi connectivity index (χ4v) is 1.56. The summed E-state index contributed by atoms with van der Waals surface area (Å²) < 4.78 is 13.0. The van der Waals surface area contributed by atoms with Crippen molar-refractivity contribution in [1.29, 1.82) is 5.26 Å². The average molecular weight is 235 g/mol. The molecule has 0 bridgehead atoms. The summed E-state index contributed by atoms with van der Waals surface area (Å²) in [5, 5.41) is 12.1. The van der Waals surface area contributed by atoms with Gasteiger partial charge in [0.15, 0.2) is 0 Å². The van der Waals surface area contributed by atoms with Crippen LogP contribution in [0.3, 0.4) is 0 Å². The quantitative estimate of drug-likeness (QED) is 0.821. The summed E-state index contributed by atoms with van der Waals surface area (Å²) in [6.45, 7) is 3.41. The van der Waals surface area contributed by atoms with Crippen LogP contribution in [0, 0.1) is 17.1 Å². The predicted octanol–water partition coefficient (Wildman–Crippen LogP) is 2.15.